The molecule has 6 heteroatoms. The van der Waals surface area contributed by atoms with E-state index >= 15 is 0 Å². The maximum atomic E-state index is 13.0. The van der Waals surface area contributed by atoms with Crippen molar-refractivity contribution in [2.75, 3.05) is 31.6 Å². The molecule has 1 aliphatic carbocycles. The van der Waals surface area contributed by atoms with Gasteiger partial charge in [-0.05, 0) is 31.9 Å². The lowest BCUT2D eigenvalue weighted by Crippen LogP contribution is -2.51. The second-order valence-corrected chi connectivity index (χ2v) is 7.30. The second-order valence-electron chi connectivity index (χ2n) is 7.30. The predicted octanol–water partition coefficient (Wildman–Crippen LogP) is 2.08. The van der Waals surface area contributed by atoms with Crippen LogP contribution in [0.25, 0.3) is 0 Å². The third-order valence-electron chi connectivity index (χ3n) is 5.53. The Morgan fingerprint density at radius 1 is 1.00 bits per heavy atom. The van der Waals surface area contributed by atoms with Crippen molar-refractivity contribution < 1.29 is 19.1 Å². The van der Waals surface area contributed by atoms with Gasteiger partial charge in [0.25, 0.3) is 0 Å². The third kappa shape index (κ3) is 3.04. The van der Waals surface area contributed by atoms with Gasteiger partial charge in [0.15, 0.2) is 5.79 Å². The van der Waals surface area contributed by atoms with Crippen molar-refractivity contribution in [3.63, 3.8) is 0 Å². The molecule has 0 atom stereocenters. The first-order valence-corrected chi connectivity index (χ1v) is 8.99. The molecule has 4 rings (SSSR count). The summed E-state index contributed by atoms with van der Waals surface area (Å²) in [6.07, 6.45) is 2.60. The van der Waals surface area contributed by atoms with Crippen LogP contribution in [-0.4, -0.2) is 48.8 Å². The fraction of sp³-hybridized carbons (Fsp3) is 0.579. The summed E-state index contributed by atoms with van der Waals surface area (Å²) in [5.74, 6) is -0.738. The van der Waals surface area contributed by atoms with E-state index in [-0.39, 0.29) is 11.8 Å². The first kappa shape index (κ1) is 16.5. The van der Waals surface area contributed by atoms with Crippen LogP contribution in [-0.2, 0) is 19.1 Å². The van der Waals surface area contributed by atoms with Gasteiger partial charge in [0, 0.05) is 31.6 Å². The Labute approximate surface area is 147 Å². The van der Waals surface area contributed by atoms with E-state index in [9.17, 15) is 9.59 Å². The number of amides is 2. The molecule has 1 spiro atoms. The fourth-order valence-corrected chi connectivity index (χ4v) is 3.69. The van der Waals surface area contributed by atoms with Crippen molar-refractivity contribution in [1.82, 2.24) is 4.90 Å². The number of ether oxygens (including phenoxy) is 2. The molecule has 2 aliphatic heterocycles. The molecule has 25 heavy (non-hydrogen) atoms. The highest BCUT2D eigenvalue weighted by Crippen LogP contribution is 2.49. The molecule has 1 aromatic rings. The molecule has 2 saturated heterocycles. The van der Waals surface area contributed by atoms with Gasteiger partial charge in [0.05, 0.1) is 13.2 Å². The fourth-order valence-electron chi connectivity index (χ4n) is 3.69. The van der Waals surface area contributed by atoms with Gasteiger partial charge in [-0.25, -0.2) is 0 Å². The molecular weight excluding hydrogens is 320 g/mol. The highest BCUT2D eigenvalue weighted by Gasteiger charge is 2.58. The lowest BCUT2D eigenvalue weighted by Gasteiger charge is -2.38. The lowest BCUT2D eigenvalue weighted by atomic mass is 9.98. The molecule has 1 saturated carbocycles. The van der Waals surface area contributed by atoms with Gasteiger partial charge >= 0.3 is 0 Å². The minimum atomic E-state index is -0.882. The zero-order valence-electron chi connectivity index (χ0n) is 14.5. The minimum absolute atomic E-state index is 0.0510. The largest absolute Gasteiger partial charge is 0.347 e. The van der Waals surface area contributed by atoms with Crippen LogP contribution in [0.5, 0.6) is 0 Å². The molecule has 0 unspecified atom stereocenters. The topological polar surface area (TPSA) is 67.9 Å². The molecule has 2 heterocycles. The van der Waals surface area contributed by atoms with Crippen molar-refractivity contribution in [3.8, 4) is 0 Å². The summed E-state index contributed by atoms with van der Waals surface area (Å²) in [5, 5.41) is 2.90. The van der Waals surface area contributed by atoms with E-state index in [2.05, 4.69) is 5.32 Å². The Bertz CT molecular complexity index is 665. The Morgan fingerprint density at radius 3 is 2.16 bits per heavy atom. The van der Waals surface area contributed by atoms with Crippen LogP contribution >= 0.6 is 0 Å². The van der Waals surface area contributed by atoms with Crippen molar-refractivity contribution in [3.05, 3.63) is 29.8 Å². The Hall–Kier alpha value is -1.92. The van der Waals surface area contributed by atoms with Gasteiger partial charge < -0.3 is 19.7 Å². The normalized spacial score (nSPS) is 23.5. The van der Waals surface area contributed by atoms with Crippen LogP contribution in [0.4, 0.5) is 5.69 Å². The average molecular weight is 344 g/mol. The number of piperidine rings is 1. The van der Waals surface area contributed by atoms with Gasteiger partial charge in [-0.2, -0.15) is 0 Å². The van der Waals surface area contributed by atoms with Crippen LogP contribution in [0.3, 0.4) is 0 Å². The molecular formula is C19H24N2O4. The van der Waals surface area contributed by atoms with E-state index in [0.29, 0.717) is 52.0 Å². The van der Waals surface area contributed by atoms with Gasteiger partial charge in [0.1, 0.15) is 5.41 Å². The smallest absolute Gasteiger partial charge is 0.240 e. The zero-order chi connectivity index (χ0) is 17.5. The van der Waals surface area contributed by atoms with Crippen molar-refractivity contribution in [2.45, 2.75) is 38.4 Å². The summed E-state index contributed by atoms with van der Waals surface area (Å²) < 4.78 is 11.4. The number of hydrogen-bond acceptors (Lipinski definition) is 4. The first-order chi connectivity index (χ1) is 12.0. The van der Waals surface area contributed by atoms with Gasteiger partial charge in [-0.1, -0.05) is 17.7 Å². The van der Waals surface area contributed by atoms with E-state index < -0.39 is 11.2 Å². The van der Waals surface area contributed by atoms with Crippen LogP contribution < -0.4 is 5.32 Å². The number of aryl methyl sites for hydroxylation is 1. The minimum Gasteiger partial charge on any atom is -0.347 e. The molecule has 2 amide bonds. The monoisotopic (exact) mass is 344 g/mol. The Balaban J connectivity index is 1.39. The average Bonchev–Trinajstić information content (AvgIpc) is 3.33. The highest BCUT2D eigenvalue weighted by atomic mass is 16.7. The van der Waals surface area contributed by atoms with Crippen molar-refractivity contribution >= 4 is 17.5 Å². The van der Waals surface area contributed by atoms with Crippen molar-refractivity contribution in [1.29, 1.82) is 0 Å². The number of hydrogen-bond donors (Lipinski definition) is 1. The van der Waals surface area contributed by atoms with E-state index in [0.717, 1.165) is 11.3 Å². The van der Waals surface area contributed by atoms with Crippen molar-refractivity contribution in [2.24, 2.45) is 5.41 Å². The Morgan fingerprint density at radius 2 is 1.60 bits per heavy atom. The molecule has 3 fully saturated rings. The molecule has 0 aromatic heterocycles. The summed E-state index contributed by atoms with van der Waals surface area (Å²) >= 11 is 0. The van der Waals surface area contributed by atoms with Crippen LogP contribution in [0.2, 0.25) is 0 Å². The maximum Gasteiger partial charge on any atom is 0.240 e. The molecule has 134 valence electrons. The molecule has 0 bridgehead atoms. The van der Waals surface area contributed by atoms with E-state index in [1.807, 2.05) is 31.2 Å². The Kier molecular flexibility index (Phi) is 4.04. The predicted molar refractivity (Wildman–Crippen MR) is 91.9 cm³/mol. The van der Waals surface area contributed by atoms with E-state index in [4.69, 9.17) is 9.47 Å². The SMILES string of the molecule is Cc1ccc(NC(=O)C2(C(=O)N3CCC4(CC3)OCCO4)CC2)cc1. The number of nitrogens with one attached hydrogen (secondary N) is 1. The summed E-state index contributed by atoms with van der Waals surface area (Å²) in [6, 6.07) is 7.63. The number of benzene rings is 1. The second kappa shape index (κ2) is 6.11. The van der Waals surface area contributed by atoms with Gasteiger partial charge in [-0.15, -0.1) is 0 Å². The van der Waals surface area contributed by atoms with Crippen LogP contribution in [0.15, 0.2) is 24.3 Å². The standard InChI is InChI=1S/C19H24N2O4/c1-14-2-4-15(5-3-14)20-16(22)18(6-7-18)17(23)21-10-8-19(9-11-21)24-12-13-25-19/h2-5H,6-13H2,1H3,(H,20,22). The number of nitrogens with zero attached hydrogens (tertiary/aromatic N) is 1. The van der Waals surface area contributed by atoms with Crippen LogP contribution in [0.1, 0.15) is 31.2 Å². The number of rotatable bonds is 3. The lowest BCUT2D eigenvalue weighted by molar-refractivity contribution is -0.188. The first-order valence-electron chi connectivity index (χ1n) is 8.99. The summed E-state index contributed by atoms with van der Waals surface area (Å²) in [6.45, 7) is 4.41. The van der Waals surface area contributed by atoms with Gasteiger partial charge in [-0.3, -0.25) is 9.59 Å². The number of carbonyl (C=O) groups excluding carboxylic acids is 2. The third-order valence-corrected chi connectivity index (χ3v) is 5.53. The summed E-state index contributed by atoms with van der Waals surface area (Å²) in [4.78, 5) is 27.5. The number of carbonyl (C=O) groups is 2. The van der Waals surface area contributed by atoms with E-state index in [1.165, 1.54) is 0 Å². The number of anilines is 1. The zero-order valence-corrected chi connectivity index (χ0v) is 14.5. The molecule has 1 N–H and O–H groups in total. The summed E-state index contributed by atoms with van der Waals surface area (Å²) in [5.41, 5.74) is 0.987. The molecule has 6 nitrogen and oxygen atoms in total. The molecule has 1 aromatic carbocycles. The molecule has 3 aliphatic rings. The quantitative estimate of drug-likeness (QED) is 0.853. The van der Waals surface area contributed by atoms with Gasteiger partial charge in [0.2, 0.25) is 11.8 Å². The summed E-state index contributed by atoms with van der Waals surface area (Å²) in [7, 11) is 0. The van der Waals surface area contributed by atoms with Crippen LogP contribution in [0, 0.1) is 12.3 Å². The highest BCUT2D eigenvalue weighted by molar-refractivity contribution is 6.13. The number of likely N-dealkylation sites (tertiary alicyclic amines) is 1. The van der Waals surface area contributed by atoms with E-state index in [1.54, 1.807) is 4.90 Å². The maximum absolute atomic E-state index is 13.0. The molecule has 0 radical (unpaired) electrons.